The molecule has 1 heterocycles. The average molecular weight is 265 g/mol. The Hall–Kier alpha value is -1.26. The van der Waals surface area contributed by atoms with E-state index in [4.69, 9.17) is 14.2 Å². The summed E-state index contributed by atoms with van der Waals surface area (Å²) in [5, 5.41) is 3.23. The quantitative estimate of drug-likeness (QED) is 0.733. The zero-order chi connectivity index (χ0) is 13.5. The SMILES string of the molecule is CCCCOCCOc1ccc2c(c1)OCC2NC. The maximum Gasteiger partial charge on any atom is 0.127 e. The monoisotopic (exact) mass is 265 g/mol. The standard InChI is InChI=1S/C15H23NO3/c1-3-4-7-17-8-9-18-12-5-6-13-14(16-2)11-19-15(13)10-12/h5-6,10,14,16H,3-4,7-9,11H2,1-2H3. The van der Waals surface area contributed by atoms with E-state index < -0.39 is 0 Å². The molecule has 1 aliphatic heterocycles. The minimum Gasteiger partial charge on any atom is -0.491 e. The zero-order valence-electron chi connectivity index (χ0n) is 11.8. The molecule has 1 aromatic carbocycles. The van der Waals surface area contributed by atoms with Crippen molar-refractivity contribution in [3.8, 4) is 11.5 Å². The fraction of sp³-hybridized carbons (Fsp3) is 0.600. The first-order chi connectivity index (χ1) is 9.35. The van der Waals surface area contributed by atoms with E-state index in [9.17, 15) is 0 Å². The predicted molar refractivity (Wildman–Crippen MR) is 75.0 cm³/mol. The van der Waals surface area contributed by atoms with Crippen molar-refractivity contribution >= 4 is 0 Å². The highest BCUT2D eigenvalue weighted by molar-refractivity contribution is 5.44. The Balaban J connectivity index is 1.76. The normalized spacial score (nSPS) is 17.1. The zero-order valence-corrected chi connectivity index (χ0v) is 11.8. The Morgan fingerprint density at radius 2 is 2.21 bits per heavy atom. The molecule has 0 fully saturated rings. The summed E-state index contributed by atoms with van der Waals surface area (Å²) < 4.78 is 16.7. The highest BCUT2D eigenvalue weighted by Crippen LogP contribution is 2.34. The third kappa shape index (κ3) is 3.85. The molecule has 106 valence electrons. The van der Waals surface area contributed by atoms with Crippen LogP contribution in [0.5, 0.6) is 11.5 Å². The molecule has 4 heteroatoms. The van der Waals surface area contributed by atoms with Gasteiger partial charge in [-0.05, 0) is 25.6 Å². The summed E-state index contributed by atoms with van der Waals surface area (Å²) >= 11 is 0. The number of unbranched alkanes of at least 4 members (excludes halogenated alkanes) is 1. The lowest BCUT2D eigenvalue weighted by molar-refractivity contribution is 0.0980. The molecule has 0 saturated carbocycles. The Labute approximate surface area is 115 Å². The van der Waals surface area contributed by atoms with Gasteiger partial charge >= 0.3 is 0 Å². The van der Waals surface area contributed by atoms with Crippen molar-refractivity contribution in [2.24, 2.45) is 0 Å². The van der Waals surface area contributed by atoms with E-state index >= 15 is 0 Å². The van der Waals surface area contributed by atoms with E-state index in [0.717, 1.165) is 30.9 Å². The summed E-state index contributed by atoms with van der Waals surface area (Å²) in [7, 11) is 1.95. The number of benzene rings is 1. The lowest BCUT2D eigenvalue weighted by Gasteiger charge is -2.09. The molecule has 0 bridgehead atoms. The molecular weight excluding hydrogens is 242 g/mol. The molecule has 1 N–H and O–H groups in total. The minimum absolute atomic E-state index is 0.293. The van der Waals surface area contributed by atoms with Crippen LogP contribution < -0.4 is 14.8 Å². The molecule has 19 heavy (non-hydrogen) atoms. The van der Waals surface area contributed by atoms with Gasteiger partial charge in [-0.3, -0.25) is 0 Å². The molecule has 0 aliphatic carbocycles. The summed E-state index contributed by atoms with van der Waals surface area (Å²) in [4.78, 5) is 0. The summed E-state index contributed by atoms with van der Waals surface area (Å²) in [6, 6.07) is 6.31. The summed E-state index contributed by atoms with van der Waals surface area (Å²) in [6.45, 7) is 4.88. The fourth-order valence-corrected chi connectivity index (χ4v) is 2.09. The number of hydrogen-bond donors (Lipinski definition) is 1. The van der Waals surface area contributed by atoms with Crippen LogP contribution in [-0.2, 0) is 4.74 Å². The predicted octanol–water partition coefficient (Wildman–Crippen LogP) is 2.54. The van der Waals surface area contributed by atoms with E-state index in [2.05, 4.69) is 18.3 Å². The number of rotatable bonds is 8. The summed E-state index contributed by atoms with van der Waals surface area (Å²) in [5.41, 5.74) is 1.20. The van der Waals surface area contributed by atoms with Crippen LogP contribution in [0.15, 0.2) is 18.2 Å². The largest absolute Gasteiger partial charge is 0.491 e. The summed E-state index contributed by atoms with van der Waals surface area (Å²) in [6.07, 6.45) is 2.27. The van der Waals surface area contributed by atoms with Gasteiger partial charge in [0.2, 0.25) is 0 Å². The lowest BCUT2D eigenvalue weighted by Crippen LogP contribution is -2.17. The molecule has 4 nitrogen and oxygen atoms in total. The van der Waals surface area contributed by atoms with E-state index in [1.165, 1.54) is 5.56 Å². The first-order valence-electron chi connectivity index (χ1n) is 6.99. The highest BCUT2D eigenvalue weighted by atomic mass is 16.5. The van der Waals surface area contributed by atoms with E-state index in [-0.39, 0.29) is 0 Å². The number of nitrogens with one attached hydrogen (secondary N) is 1. The first kappa shape index (κ1) is 14.2. The van der Waals surface area contributed by atoms with Crippen molar-refractivity contribution in [2.45, 2.75) is 25.8 Å². The van der Waals surface area contributed by atoms with Crippen LogP contribution in [0.3, 0.4) is 0 Å². The number of likely N-dealkylation sites (N-methyl/N-ethyl adjacent to an activating group) is 1. The Morgan fingerprint density at radius 3 is 3.00 bits per heavy atom. The van der Waals surface area contributed by atoms with Crippen LogP contribution in [0.2, 0.25) is 0 Å². The van der Waals surface area contributed by atoms with Crippen molar-refractivity contribution in [3.63, 3.8) is 0 Å². The Kier molecular flexibility index (Phi) is 5.48. The van der Waals surface area contributed by atoms with Crippen molar-refractivity contribution in [2.75, 3.05) is 33.5 Å². The van der Waals surface area contributed by atoms with Crippen LogP contribution in [0, 0.1) is 0 Å². The van der Waals surface area contributed by atoms with Crippen molar-refractivity contribution in [3.05, 3.63) is 23.8 Å². The van der Waals surface area contributed by atoms with Gasteiger partial charge in [0, 0.05) is 18.2 Å². The summed E-state index contributed by atoms with van der Waals surface area (Å²) in [5.74, 6) is 1.76. The molecule has 1 unspecified atom stereocenters. The Bertz CT molecular complexity index is 395. The van der Waals surface area contributed by atoms with Crippen molar-refractivity contribution in [1.82, 2.24) is 5.32 Å². The van der Waals surface area contributed by atoms with E-state index in [1.807, 2.05) is 19.2 Å². The fourth-order valence-electron chi connectivity index (χ4n) is 2.09. The van der Waals surface area contributed by atoms with Gasteiger partial charge in [0.15, 0.2) is 0 Å². The van der Waals surface area contributed by atoms with Crippen LogP contribution in [0.25, 0.3) is 0 Å². The average Bonchev–Trinajstić information content (AvgIpc) is 2.85. The third-order valence-corrected chi connectivity index (χ3v) is 3.25. The molecule has 1 atom stereocenters. The van der Waals surface area contributed by atoms with Gasteiger partial charge < -0.3 is 19.5 Å². The smallest absolute Gasteiger partial charge is 0.127 e. The molecule has 0 aromatic heterocycles. The van der Waals surface area contributed by atoms with Gasteiger partial charge in [0.1, 0.15) is 24.7 Å². The van der Waals surface area contributed by atoms with Crippen LogP contribution in [0.1, 0.15) is 31.4 Å². The van der Waals surface area contributed by atoms with Crippen LogP contribution >= 0.6 is 0 Å². The van der Waals surface area contributed by atoms with Crippen molar-refractivity contribution in [1.29, 1.82) is 0 Å². The molecule has 2 rings (SSSR count). The molecular formula is C15H23NO3. The van der Waals surface area contributed by atoms with E-state index in [0.29, 0.717) is 25.9 Å². The maximum atomic E-state index is 5.65. The Morgan fingerprint density at radius 1 is 1.32 bits per heavy atom. The minimum atomic E-state index is 0.293. The molecule has 0 amide bonds. The second-order valence-electron chi connectivity index (χ2n) is 4.67. The van der Waals surface area contributed by atoms with Crippen LogP contribution in [0.4, 0.5) is 0 Å². The number of hydrogen-bond acceptors (Lipinski definition) is 4. The second kappa shape index (κ2) is 7.36. The first-order valence-corrected chi connectivity index (χ1v) is 6.99. The van der Waals surface area contributed by atoms with Gasteiger partial charge in [-0.1, -0.05) is 13.3 Å². The highest BCUT2D eigenvalue weighted by Gasteiger charge is 2.22. The number of fused-ring (bicyclic) bond motifs is 1. The second-order valence-corrected chi connectivity index (χ2v) is 4.67. The van der Waals surface area contributed by atoms with Gasteiger partial charge in [-0.2, -0.15) is 0 Å². The van der Waals surface area contributed by atoms with Crippen LogP contribution in [-0.4, -0.2) is 33.5 Å². The van der Waals surface area contributed by atoms with Gasteiger partial charge in [-0.25, -0.2) is 0 Å². The number of ether oxygens (including phenoxy) is 3. The molecule has 1 aromatic rings. The maximum absolute atomic E-state index is 5.65. The molecule has 1 aliphatic rings. The van der Waals surface area contributed by atoms with Gasteiger partial charge in [0.05, 0.1) is 12.6 Å². The third-order valence-electron chi connectivity index (χ3n) is 3.25. The molecule has 0 saturated heterocycles. The van der Waals surface area contributed by atoms with E-state index in [1.54, 1.807) is 0 Å². The topological polar surface area (TPSA) is 39.7 Å². The van der Waals surface area contributed by atoms with Gasteiger partial charge in [0.25, 0.3) is 0 Å². The molecule has 0 radical (unpaired) electrons. The van der Waals surface area contributed by atoms with Gasteiger partial charge in [-0.15, -0.1) is 0 Å². The lowest BCUT2D eigenvalue weighted by atomic mass is 10.1. The molecule has 0 spiro atoms. The van der Waals surface area contributed by atoms with Crippen molar-refractivity contribution < 1.29 is 14.2 Å².